The molecule has 5 nitrogen and oxygen atoms in total. The number of nitrogens with zero attached hydrogens (tertiary/aromatic N) is 2. The number of carbonyl (C=O) groups excluding carboxylic acids is 1. The van der Waals surface area contributed by atoms with E-state index in [0.717, 1.165) is 5.56 Å². The highest BCUT2D eigenvalue weighted by atomic mass is 32.2. The van der Waals surface area contributed by atoms with E-state index >= 15 is 0 Å². The number of hydrogen-bond acceptors (Lipinski definition) is 6. The van der Waals surface area contributed by atoms with Gasteiger partial charge >= 0.3 is 0 Å². The number of rotatable bonds is 8. The van der Waals surface area contributed by atoms with Crippen molar-refractivity contribution in [2.24, 2.45) is 0 Å². The van der Waals surface area contributed by atoms with Crippen molar-refractivity contribution in [1.29, 1.82) is 0 Å². The second kappa shape index (κ2) is 9.43. The first-order chi connectivity index (χ1) is 13.1. The summed E-state index contributed by atoms with van der Waals surface area (Å²) in [5.74, 6) is -0.506. The number of amides is 1. The Morgan fingerprint density at radius 1 is 1.07 bits per heavy atom. The van der Waals surface area contributed by atoms with Crippen LogP contribution in [-0.4, -0.2) is 28.4 Å². The maximum absolute atomic E-state index is 13.2. The van der Waals surface area contributed by atoms with E-state index in [-0.39, 0.29) is 23.3 Å². The lowest BCUT2D eigenvalue weighted by atomic mass is 10.1. The van der Waals surface area contributed by atoms with Crippen molar-refractivity contribution in [3.05, 3.63) is 65.7 Å². The average Bonchev–Trinajstić information content (AvgIpc) is 3.09. The van der Waals surface area contributed by atoms with Crippen LogP contribution < -0.4 is 10.6 Å². The number of carbonyl (C=O) groups is 1. The highest BCUT2D eigenvalue weighted by Crippen LogP contribution is 2.27. The highest BCUT2D eigenvalue weighted by Gasteiger charge is 2.08. The maximum Gasteiger partial charge on any atom is 0.230 e. The molecule has 27 heavy (non-hydrogen) atoms. The fourth-order valence-electron chi connectivity index (χ4n) is 2.18. The topological polar surface area (TPSA) is 66.9 Å². The number of benzene rings is 2. The van der Waals surface area contributed by atoms with Gasteiger partial charge in [-0.25, -0.2) is 8.78 Å². The number of aromatic nitrogens is 2. The van der Waals surface area contributed by atoms with E-state index in [1.54, 1.807) is 24.3 Å². The Balaban J connectivity index is 1.40. The Morgan fingerprint density at radius 3 is 2.67 bits per heavy atom. The van der Waals surface area contributed by atoms with Gasteiger partial charge in [-0.3, -0.25) is 4.79 Å². The zero-order chi connectivity index (χ0) is 19.1. The van der Waals surface area contributed by atoms with Crippen LogP contribution in [0.15, 0.2) is 52.9 Å². The standard InChI is InChI=1S/C18H16F2N4OS2/c19-13-6-4-12(5-7-13)8-9-21-16(25)11-26-18-24-23-17(27-18)22-15-3-1-2-14(20)10-15/h1-7,10H,8-9,11H2,(H,21,25)(H,22,23). The minimum Gasteiger partial charge on any atom is -0.355 e. The third-order valence-corrected chi connectivity index (χ3v) is 5.43. The van der Waals surface area contributed by atoms with Crippen molar-refractivity contribution in [3.8, 4) is 0 Å². The Kier molecular flexibility index (Phi) is 6.72. The molecule has 1 aromatic heterocycles. The van der Waals surface area contributed by atoms with Gasteiger partial charge in [-0.2, -0.15) is 0 Å². The van der Waals surface area contributed by atoms with Gasteiger partial charge in [-0.1, -0.05) is 41.3 Å². The Labute approximate surface area is 163 Å². The molecule has 0 aliphatic rings. The molecule has 3 aromatic rings. The molecule has 2 aromatic carbocycles. The minimum atomic E-state index is -0.337. The average molecular weight is 406 g/mol. The molecule has 0 spiro atoms. The van der Waals surface area contributed by atoms with Crippen molar-refractivity contribution >= 4 is 39.8 Å². The van der Waals surface area contributed by atoms with Gasteiger partial charge in [0, 0.05) is 12.2 Å². The molecule has 0 aliphatic carbocycles. The van der Waals surface area contributed by atoms with Gasteiger partial charge in [0.1, 0.15) is 11.6 Å². The summed E-state index contributed by atoms with van der Waals surface area (Å²) in [6, 6.07) is 12.3. The molecule has 9 heteroatoms. The van der Waals surface area contributed by atoms with Gasteiger partial charge in [0.05, 0.1) is 5.75 Å². The zero-order valence-electron chi connectivity index (χ0n) is 14.1. The molecule has 3 rings (SSSR count). The molecule has 0 saturated heterocycles. The van der Waals surface area contributed by atoms with Gasteiger partial charge in [0.15, 0.2) is 4.34 Å². The summed E-state index contributed by atoms with van der Waals surface area (Å²) in [5.41, 5.74) is 1.54. The molecule has 0 fully saturated rings. The van der Waals surface area contributed by atoms with Crippen LogP contribution in [0.1, 0.15) is 5.56 Å². The van der Waals surface area contributed by atoms with Crippen LogP contribution in [0.25, 0.3) is 0 Å². The molecule has 1 amide bonds. The lowest BCUT2D eigenvalue weighted by Gasteiger charge is -2.04. The largest absolute Gasteiger partial charge is 0.355 e. The van der Waals surface area contributed by atoms with Crippen molar-refractivity contribution in [1.82, 2.24) is 15.5 Å². The molecule has 2 N–H and O–H groups in total. The van der Waals surface area contributed by atoms with Crippen LogP contribution >= 0.6 is 23.1 Å². The third-order valence-electron chi connectivity index (χ3n) is 3.46. The number of thioether (sulfide) groups is 1. The van der Waals surface area contributed by atoms with E-state index in [0.29, 0.717) is 28.1 Å². The summed E-state index contributed by atoms with van der Waals surface area (Å²) in [4.78, 5) is 11.9. The zero-order valence-corrected chi connectivity index (χ0v) is 15.7. The molecule has 0 aliphatic heterocycles. The van der Waals surface area contributed by atoms with Gasteiger partial charge < -0.3 is 10.6 Å². The Hall–Kier alpha value is -2.52. The first-order valence-electron chi connectivity index (χ1n) is 8.08. The highest BCUT2D eigenvalue weighted by molar-refractivity contribution is 8.01. The second-order valence-corrected chi connectivity index (χ2v) is 7.72. The summed E-state index contributed by atoms with van der Waals surface area (Å²) in [6.07, 6.45) is 0.636. The molecule has 0 saturated carbocycles. The van der Waals surface area contributed by atoms with E-state index in [4.69, 9.17) is 0 Å². The lowest BCUT2D eigenvalue weighted by Crippen LogP contribution is -2.27. The van der Waals surface area contributed by atoms with E-state index in [9.17, 15) is 13.6 Å². The fourth-order valence-corrected chi connectivity index (χ4v) is 3.79. The van der Waals surface area contributed by atoms with Crippen molar-refractivity contribution in [2.75, 3.05) is 17.6 Å². The number of hydrogen-bond donors (Lipinski definition) is 2. The van der Waals surface area contributed by atoms with Gasteiger partial charge in [0.2, 0.25) is 11.0 Å². The molecular weight excluding hydrogens is 390 g/mol. The first-order valence-corrected chi connectivity index (χ1v) is 9.89. The van der Waals surface area contributed by atoms with Gasteiger partial charge in [-0.15, -0.1) is 10.2 Å². The lowest BCUT2D eigenvalue weighted by molar-refractivity contribution is -0.118. The molecule has 140 valence electrons. The van der Waals surface area contributed by atoms with Crippen molar-refractivity contribution in [2.45, 2.75) is 10.8 Å². The van der Waals surface area contributed by atoms with Crippen molar-refractivity contribution < 1.29 is 13.6 Å². The fraction of sp³-hybridized carbons (Fsp3) is 0.167. The van der Waals surface area contributed by atoms with E-state index < -0.39 is 0 Å². The normalized spacial score (nSPS) is 10.6. The quantitative estimate of drug-likeness (QED) is 0.554. The molecule has 0 unspecified atom stereocenters. The first kappa shape index (κ1) is 19.2. The number of nitrogens with one attached hydrogen (secondary N) is 2. The van der Waals surface area contributed by atoms with Crippen molar-refractivity contribution in [3.63, 3.8) is 0 Å². The molecule has 0 bridgehead atoms. The van der Waals surface area contributed by atoms with Crippen LogP contribution in [0.3, 0.4) is 0 Å². The smallest absolute Gasteiger partial charge is 0.230 e. The number of anilines is 2. The summed E-state index contributed by atoms with van der Waals surface area (Å²) in [7, 11) is 0. The Bertz CT molecular complexity index is 902. The summed E-state index contributed by atoms with van der Waals surface area (Å²) >= 11 is 2.57. The van der Waals surface area contributed by atoms with E-state index in [2.05, 4.69) is 20.8 Å². The maximum atomic E-state index is 13.2. The van der Waals surface area contributed by atoms with Crippen LogP contribution in [-0.2, 0) is 11.2 Å². The summed E-state index contributed by atoms with van der Waals surface area (Å²) in [5, 5.41) is 14.3. The predicted octanol–water partition coefficient (Wildman–Crippen LogP) is 4.01. The minimum absolute atomic E-state index is 0.114. The monoisotopic (exact) mass is 406 g/mol. The number of halogens is 2. The van der Waals surface area contributed by atoms with Crippen LogP contribution in [0.5, 0.6) is 0 Å². The van der Waals surface area contributed by atoms with Crippen LogP contribution in [0.4, 0.5) is 19.6 Å². The van der Waals surface area contributed by atoms with E-state index in [1.807, 2.05) is 0 Å². The van der Waals surface area contributed by atoms with Crippen LogP contribution in [0.2, 0.25) is 0 Å². The predicted molar refractivity (Wildman–Crippen MR) is 103 cm³/mol. The van der Waals surface area contributed by atoms with Gasteiger partial charge in [0.25, 0.3) is 0 Å². The molecule has 0 atom stereocenters. The van der Waals surface area contributed by atoms with Gasteiger partial charge in [-0.05, 0) is 42.3 Å². The third kappa shape index (κ3) is 6.30. The van der Waals surface area contributed by atoms with E-state index in [1.165, 1.54) is 47.4 Å². The Morgan fingerprint density at radius 2 is 1.89 bits per heavy atom. The summed E-state index contributed by atoms with van der Waals surface area (Å²) in [6.45, 7) is 0.480. The SMILES string of the molecule is O=C(CSc1nnc(Nc2cccc(F)c2)s1)NCCc1ccc(F)cc1. The molecule has 0 radical (unpaired) electrons. The summed E-state index contributed by atoms with van der Waals surface area (Å²) < 4.78 is 26.7. The molecular formula is C18H16F2N4OS2. The van der Waals surface area contributed by atoms with Crippen LogP contribution in [0, 0.1) is 11.6 Å². The second-order valence-electron chi connectivity index (χ2n) is 5.52. The molecule has 1 heterocycles.